The molecular weight excluding hydrogens is 202 g/mol. The Bertz CT molecular complexity index is 274. The van der Waals surface area contributed by atoms with Crippen LogP contribution in [0.4, 0.5) is 0 Å². The average molecular weight is 223 g/mol. The van der Waals surface area contributed by atoms with Gasteiger partial charge in [-0.25, -0.2) is 0 Å². The van der Waals surface area contributed by atoms with Gasteiger partial charge in [0.1, 0.15) is 0 Å². The average Bonchev–Trinajstić information content (AvgIpc) is 2.45. The van der Waals surface area contributed by atoms with E-state index in [0.29, 0.717) is 0 Å². The Labute approximate surface area is 97.1 Å². The predicted octanol–water partition coefficient (Wildman–Crippen LogP) is 2.28. The highest BCUT2D eigenvalue weighted by molar-refractivity contribution is 5.68. The van der Waals surface area contributed by atoms with Crippen molar-refractivity contribution in [1.82, 2.24) is 4.90 Å². The number of fused-ring (bicyclic) bond motifs is 2. The molecule has 0 spiro atoms. The molecule has 2 aliphatic heterocycles. The van der Waals surface area contributed by atoms with Crippen LogP contribution >= 0.6 is 0 Å². The van der Waals surface area contributed by atoms with Crippen LogP contribution in [0.25, 0.3) is 0 Å². The van der Waals surface area contributed by atoms with Gasteiger partial charge in [-0.2, -0.15) is 0 Å². The summed E-state index contributed by atoms with van der Waals surface area (Å²) in [6.45, 7) is 3.29. The molecule has 3 heteroatoms. The van der Waals surface area contributed by atoms with Gasteiger partial charge in [0.25, 0.3) is 0 Å². The maximum Gasteiger partial charge on any atom is 0.307 e. The molecular formula is C13H21NO2. The maximum atomic E-state index is 10.4. The van der Waals surface area contributed by atoms with E-state index in [-0.39, 0.29) is 6.42 Å². The smallest absolute Gasteiger partial charge is 0.307 e. The number of piperidine rings is 1. The van der Waals surface area contributed by atoms with Crippen LogP contribution in [0, 0.1) is 5.92 Å². The summed E-state index contributed by atoms with van der Waals surface area (Å²) in [5.41, 5.74) is 0. The number of nitrogens with zero attached hydrogens (tertiary/aromatic N) is 1. The van der Waals surface area contributed by atoms with E-state index in [1.807, 2.05) is 6.08 Å². The molecule has 2 bridgehead atoms. The van der Waals surface area contributed by atoms with E-state index in [9.17, 15) is 4.79 Å². The summed E-state index contributed by atoms with van der Waals surface area (Å²) in [4.78, 5) is 12.9. The number of hydrogen-bond donors (Lipinski definition) is 1. The fraction of sp³-hybridized carbons (Fsp3) is 0.769. The first-order chi connectivity index (χ1) is 7.66. The van der Waals surface area contributed by atoms with Crippen LogP contribution < -0.4 is 0 Å². The van der Waals surface area contributed by atoms with Crippen molar-refractivity contribution >= 4 is 5.97 Å². The third-order valence-corrected chi connectivity index (χ3v) is 3.90. The molecule has 0 aromatic rings. The Balaban J connectivity index is 1.82. The van der Waals surface area contributed by atoms with Crippen LogP contribution in [0.1, 0.15) is 39.0 Å². The molecule has 3 nitrogen and oxygen atoms in total. The highest BCUT2D eigenvalue weighted by Crippen LogP contribution is 2.38. The molecule has 2 atom stereocenters. The second-order valence-electron chi connectivity index (χ2n) is 5.23. The van der Waals surface area contributed by atoms with Gasteiger partial charge in [-0.05, 0) is 31.6 Å². The molecule has 0 aromatic carbocycles. The molecule has 2 heterocycles. The van der Waals surface area contributed by atoms with Crippen molar-refractivity contribution in [2.75, 3.05) is 6.54 Å². The van der Waals surface area contributed by atoms with Crippen LogP contribution in [-0.4, -0.2) is 34.6 Å². The summed E-state index contributed by atoms with van der Waals surface area (Å²) in [5, 5.41) is 8.54. The number of hydrogen-bond acceptors (Lipinski definition) is 2. The summed E-state index contributed by atoms with van der Waals surface area (Å²) < 4.78 is 0. The highest BCUT2D eigenvalue weighted by atomic mass is 16.4. The van der Waals surface area contributed by atoms with Gasteiger partial charge in [0.05, 0.1) is 6.42 Å². The van der Waals surface area contributed by atoms with Gasteiger partial charge in [0.15, 0.2) is 0 Å². The van der Waals surface area contributed by atoms with Gasteiger partial charge in [0, 0.05) is 18.6 Å². The zero-order valence-electron chi connectivity index (χ0n) is 9.93. The Morgan fingerprint density at radius 3 is 2.50 bits per heavy atom. The lowest BCUT2D eigenvalue weighted by Gasteiger charge is -2.37. The molecule has 0 radical (unpaired) electrons. The van der Waals surface area contributed by atoms with Gasteiger partial charge in [0.2, 0.25) is 0 Å². The minimum Gasteiger partial charge on any atom is -0.481 e. The standard InChI is InChI=1S/C13H21NO2/c1-10-8-11-5-6-12(9-10)14(11)7-3-2-4-13(15)16/h2-3,10-12H,4-9H2,1H3,(H,15,16)/b3-2+. The van der Waals surface area contributed by atoms with E-state index in [4.69, 9.17) is 5.11 Å². The van der Waals surface area contributed by atoms with Crippen LogP contribution in [0.2, 0.25) is 0 Å². The molecule has 2 aliphatic rings. The largest absolute Gasteiger partial charge is 0.481 e. The first kappa shape index (κ1) is 11.6. The van der Waals surface area contributed by atoms with E-state index in [2.05, 4.69) is 11.8 Å². The number of carboxylic acids is 1. The van der Waals surface area contributed by atoms with Gasteiger partial charge >= 0.3 is 5.97 Å². The molecule has 90 valence electrons. The summed E-state index contributed by atoms with van der Waals surface area (Å²) in [7, 11) is 0. The predicted molar refractivity (Wildman–Crippen MR) is 63.3 cm³/mol. The van der Waals surface area contributed by atoms with Crippen molar-refractivity contribution in [1.29, 1.82) is 0 Å². The van der Waals surface area contributed by atoms with Crippen molar-refractivity contribution in [2.24, 2.45) is 5.92 Å². The molecule has 0 aliphatic carbocycles. The lowest BCUT2D eigenvalue weighted by Crippen LogP contribution is -2.42. The van der Waals surface area contributed by atoms with Gasteiger partial charge in [-0.15, -0.1) is 0 Å². The van der Waals surface area contributed by atoms with Gasteiger partial charge < -0.3 is 5.11 Å². The molecule has 0 saturated carbocycles. The molecule has 0 aromatic heterocycles. The topological polar surface area (TPSA) is 40.5 Å². The molecule has 16 heavy (non-hydrogen) atoms. The Hall–Kier alpha value is -0.830. The Morgan fingerprint density at radius 2 is 1.94 bits per heavy atom. The van der Waals surface area contributed by atoms with E-state index in [0.717, 1.165) is 24.5 Å². The van der Waals surface area contributed by atoms with Crippen LogP contribution in [0.15, 0.2) is 12.2 Å². The van der Waals surface area contributed by atoms with E-state index in [1.54, 1.807) is 6.08 Å². The quantitative estimate of drug-likeness (QED) is 0.743. The maximum absolute atomic E-state index is 10.4. The third kappa shape index (κ3) is 2.64. The van der Waals surface area contributed by atoms with E-state index < -0.39 is 5.97 Å². The Morgan fingerprint density at radius 1 is 1.31 bits per heavy atom. The molecule has 2 rings (SSSR count). The summed E-state index contributed by atoms with van der Waals surface area (Å²) >= 11 is 0. The summed E-state index contributed by atoms with van der Waals surface area (Å²) in [6, 6.07) is 1.51. The van der Waals surface area contributed by atoms with Crippen molar-refractivity contribution in [3.63, 3.8) is 0 Å². The minimum absolute atomic E-state index is 0.152. The fourth-order valence-corrected chi connectivity index (χ4v) is 3.22. The summed E-state index contributed by atoms with van der Waals surface area (Å²) in [6.07, 6.45) is 9.27. The van der Waals surface area contributed by atoms with Crippen molar-refractivity contribution in [3.8, 4) is 0 Å². The molecule has 2 fully saturated rings. The zero-order valence-corrected chi connectivity index (χ0v) is 9.93. The Kier molecular flexibility index (Phi) is 3.64. The monoisotopic (exact) mass is 223 g/mol. The number of carboxylic acid groups (broad SMARTS) is 1. The van der Waals surface area contributed by atoms with Crippen molar-refractivity contribution < 1.29 is 9.90 Å². The first-order valence-electron chi connectivity index (χ1n) is 6.29. The van der Waals surface area contributed by atoms with Crippen molar-refractivity contribution in [3.05, 3.63) is 12.2 Å². The summed E-state index contributed by atoms with van der Waals surface area (Å²) in [5.74, 6) is 0.128. The minimum atomic E-state index is -0.744. The normalized spacial score (nSPS) is 34.7. The van der Waals surface area contributed by atoms with Crippen molar-refractivity contribution in [2.45, 2.75) is 51.1 Å². The number of carbonyl (C=O) groups is 1. The van der Waals surface area contributed by atoms with Crippen LogP contribution in [-0.2, 0) is 4.79 Å². The number of rotatable bonds is 4. The molecule has 2 saturated heterocycles. The SMILES string of the molecule is CC1CC2CCC(C1)N2C/C=C/CC(=O)O. The molecule has 0 amide bonds. The fourth-order valence-electron chi connectivity index (χ4n) is 3.22. The number of aliphatic carboxylic acids is 1. The highest BCUT2D eigenvalue weighted by Gasteiger charge is 2.38. The second-order valence-corrected chi connectivity index (χ2v) is 5.23. The first-order valence-corrected chi connectivity index (χ1v) is 6.29. The van der Waals surface area contributed by atoms with Gasteiger partial charge in [-0.1, -0.05) is 19.1 Å². The van der Waals surface area contributed by atoms with Gasteiger partial charge in [-0.3, -0.25) is 9.69 Å². The zero-order chi connectivity index (χ0) is 11.5. The lowest BCUT2D eigenvalue weighted by molar-refractivity contribution is -0.136. The second kappa shape index (κ2) is 5.00. The molecule has 2 unspecified atom stereocenters. The van der Waals surface area contributed by atoms with E-state index >= 15 is 0 Å². The lowest BCUT2D eigenvalue weighted by atomic mass is 9.92. The van der Waals surface area contributed by atoms with Crippen LogP contribution in [0.3, 0.4) is 0 Å². The van der Waals surface area contributed by atoms with Crippen LogP contribution in [0.5, 0.6) is 0 Å². The van der Waals surface area contributed by atoms with E-state index in [1.165, 1.54) is 25.7 Å². The third-order valence-electron chi connectivity index (χ3n) is 3.90. The molecule has 1 N–H and O–H groups in total.